The van der Waals surface area contributed by atoms with Gasteiger partial charge in [-0.15, -0.1) is 0 Å². The fourth-order valence-electron chi connectivity index (χ4n) is 1.82. The highest BCUT2D eigenvalue weighted by molar-refractivity contribution is 5.73. The van der Waals surface area contributed by atoms with E-state index in [1.54, 1.807) is 6.07 Å². The molecule has 0 aliphatic rings. The minimum absolute atomic E-state index is 0.0213. The molecule has 0 radical (unpaired) electrons. The minimum atomic E-state index is -0.726. The average Bonchev–Trinajstić information content (AvgIpc) is 2.82. The second-order valence-corrected chi connectivity index (χ2v) is 4.02. The first kappa shape index (κ1) is 12.2. The Hall–Kier alpha value is -2.83. The smallest absolute Gasteiger partial charge is 0.250 e. The Balaban J connectivity index is 2.15. The highest BCUT2D eigenvalue weighted by atomic mass is 19.1. The number of aromatic nitrogens is 4. The van der Waals surface area contributed by atoms with Gasteiger partial charge in [0.1, 0.15) is 17.3 Å². The number of nitrogen functional groups attached to an aromatic ring is 1. The summed E-state index contributed by atoms with van der Waals surface area (Å²) in [5, 5.41) is 4.06. The Kier molecular flexibility index (Phi) is 2.86. The Morgan fingerprint density at radius 3 is 2.30 bits per heavy atom. The lowest BCUT2D eigenvalue weighted by Crippen LogP contribution is -2.01. The van der Waals surface area contributed by atoms with Crippen LogP contribution in [-0.4, -0.2) is 19.7 Å². The van der Waals surface area contributed by atoms with Crippen molar-refractivity contribution in [2.75, 3.05) is 5.73 Å². The summed E-state index contributed by atoms with van der Waals surface area (Å²) in [4.78, 5) is 7.98. The first-order chi connectivity index (χ1) is 9.66. The van der Waals surface area contributed by atoms with Crippen LogP contribution in [0.4, 0.5) is 14.5 Å². The van der Waals surface area contributed by atoms with Gasteiger partial charge in [0, 0.05) is 12.4 Å². The fourth-order valence-corrected chi connectivity index (χ4v) is 1.82. The van der Waals surface area contributed by atoms with Crippen LogP contribution in [-0.2, 0) is 0 Å². The molecule has 2 N–H and O–H groups in total. The number of nitrogens with zero attached hydrogens (tertiary/aromatic N) is 4. The molecule has 3 aromatic rings. The third kappa shape index (κ3) is 1.99. The zero-order valence-corrected chi connectivity index (χ0v) is 10.2. The molecule has 0 fully saturated rings. The summed E-state index contributed by atoms with van der Waals surface area (Å²) < 4.78 is 28.8. The summed E-state index contributed by atoms with van der Waals surface area (Å²) in [7, 11) is 0. The van der Waals surface area contributed by atoms with Gasteiger partial charge in [-0.3, -0.25) is 0 Å². The van der Waals surface area contributed by atoms with E-state index in [0.29, 0.717) is 0 Å². The molecule has 0 saturated carbocycles. The van der Waals surface area contributed by atoms with Crippen molar-refractivity contribution in [1.82, 2.24) is 19.7 Å². The summed E-state index contributed by atoms with van der Waals surface area (Å²) in [5.41, 5.74) is 5.67. The Morgan fingerprint density at radius 2 is 1.65 bits per heavy atom. The fraction of sp³-hybridized carbons (Fsp3) is 0. The molecule has 0 spiro atoms. The van der Waals surface area contributed by atoms with Crippen molar-refractivity contribution < 1.29 is 8.78 Å². The van der Waals surface area contributed by atoms with Crippen LogP contribution >= 0.6 is 0 Å². The van der Waals surface area contributed by atoms with Crippen LogP contribution in [0.1, 0.15) is 0 Å². The number of halogens is 2. The van der Waals surface area contributed by atoms with Crippen LogP contribution in [0.5, 0.6) is 0 Å². The molecule has 20 heavy (non-hydrogen) atoms. The van der Waals surface area contributed by atoms with Crippen LogP contribution < -0.4 is 5.73 Å². The molecule has 2 heterocycles. The van der Waals surface area contributed by atoms with Crippen molar-refractivity contribution in [2.45, 2.75) is 0 Å². The van der Waals surface area contributed by atoms with Gasteiger partial charge in [-0.05, 0) is 18.2 Å². The molecule has 2 aromatic heterocycles. The number of hydrogen-bond donors (Lipinski definition) is 1. The molecule has 1 aromatic carbocycles. The first-order valence-corrected chi connectivity index (χ1v) is 5.74. The first-order valence-electron chi connectivity index (χ1n) is 5.74. The van der Waals surface area contributed by atoms with Crippen molar-refractivity contribution in [1.29, 1.82) is 0 Å². The van der Waals surface area contributed by atoms with Gasteiger partial charge < -0.3 is 5.73 Å². The van der Waals surface area contributed by atoms with Crippen LogP contribution in [0.3, 0.4) is 0 Å². The summed E-state index contributed by atoms with van der Waals surface area (Å²) in [6.45, 7) is 0. The van der Waals surface area contributed by atoms with E-state index in [1.165, 1.54) is 29.3 Å². The quantitative estimate of drug-likeness (QED) is 0.777. The molecule has 0 saturated heterocycles. The normalized spacial score (nSPS) is 10.7. The van der Waals surface area contributed by atoms with Gasteiger partial charge in [-0.1, -0.05) is 6.07 Å². The summed E-state index contributed by atoms with van der Waals surface area (Å²) in [5.74, 6) is -1.19. The summed E-state index contributed by atoms with van der Waals surface area (Å²) in [6.07, 6.45) is 4.48. The predicted octanol–water partition coefficient (Wildman–Crippen LogP) is 2.19. The van der Waals surface area contributed by atoms with E-state index in [9.17, 15) is 8.78 Å². The molecule has 100 valence electrons. The van der Waals surface area contributed by atoms with E-state index in [1.807, 2.05) is 0 Å². The van der Waals surface area contributed by atoms with Crippen molar-refractivity contribution in [3.05, 3.63) is 54.5 Å². The zero-order chi connectivity index (χ0) is 14.1. The lowest BCUT2D eigenvalue weighted by atomic mass is 10.1. The number of nitrogens with two attached hydrogens (primary N) is 1. The molecule has 0 atom stereocenters. The molecule has 5 nitrogen and oxygen atoms in total. The number of hydrogen-bond acceptors (Lipinski definition) is 4. The lowest BCUT2D eigenvalue weighted by Gasteiger charge is -2.02. The van der Waals surface area contributed by atoms with Gasteiger partial charge in [0.15, 0.2) is 0 Å². The Labute approximate surface area is 112 Å². The van der Waals surface area contributed by atoms with Gasteiger partial charge in [-0.2, -0.15) is 5.10 Å². The van der Waals surface area contributed by atoms with Crippen LogP contribution in [0.15, 0.2) is 42.9 Å². The van der Waals surface area contributed by atoms with E-state index in [4.69, 9.17) is 5.73 Å². The topological polar surface area (TPSA) is 69.6 Å². The molecule has 3 rings (SSSR count). The van der Waals surface area contributed by atoms with E-state index in [-0.39, 0.29) is 22.9 Å². The largest absolute Gasteiger partial charge is 0.396 e. The predicted molar refractivity (Wildman–Crippen MR) is 68.9 cm³/mol. The van der Waals surface area contributed by atoms with Crippen LogP contribution in [0.2, 0.25) is 0 Å². The van der Waals surface area contributed by atoms with E-state index >= 15 is 0 Å². The SMILES string of the molecule is Nc1cn(-c2ncccn2)nc1-c1c(F)cccc1F. The maximum Gasteiger partial charge on any atom is 0.250 e. The van der Waals surface area contributed by atoms with Gasteiger partial charge in [0.25, 0.3) is 5.95 Å². The third-order valence-electron chi connectivity index (χ3n) is 2.70. The highest BCUT2D eigenvalue weighted by Gasteiger charge is 2.18. The average molecular weight is 273 g/mol. The lowest BCUT2D eigenvalue weighted by molar-refractivity contribution is 0.588. The molecule has 7 heteroatoms. The molecular formula is C13H9F2N5. The third-order valence-corrected chi connectivity index (χ3v) is 2.70. The van der Waals surface area contributed by atoms with Gasteiger partial charge >= 0.3 is 0 Å². The molecular weight excluding hydrogens is 264 g/mol. The van der Waals surface area contributed by atoms with Gasteiger partial charge in [0.05, 0.1) is 17.4 Å². The van der Waals surface area contributed by atoms with Crippen molar-refractivity contribution in [3.8, 4) is 17.2 Å². The maximum absolute atomic E-state index is 13.8. The second kappa shape index (κ2) is 4.69. The number of anilines is 1. The van der Waals surface area contributed by atoms with Crippen LogP contribution in [0.25, 0.3) is 17.2 Å². The number of rotatable bonds is 2. The maximum atomic E-state index is 13.8. The van der Waals surface area contributed by atoms with Crippen molar-refractivity contribution >= 4 is 5.69 Å². The van der Waals surface area contributed by atoms with Crippen LogP contribution in [0, 0.1) is 11.6 Å². The Morgan fingerprint density at radius 1 is 1.00 bits per heavy atom. The molecule has 0 bridgehead atoms. The molecule has 0 aliphatic heterocycles. The molecule has 0 unspecified atom stereocenters. The van der Waals surface area contributed by atoms with Crippen molar-refractivity contribution in [3.63, 3.8) is 0 Å². The second-order valence-electron chi connectivity index (χ2n) is 4.02. The van der Waals surface area contributed by atoms with E-state index in [2.05, 4.69) is 15.1 Å². The molecule has 0 aliphatic carbocycles. The van der Waals surface area contributed by atoms with Gasteiger partial charge in [-0.25, -0.2) is 23.4 Å². The summed E-state index contributed by atoms with van der Waals surface area (Å²) in [6, 6.07) is 5.22. The minimum Gasteiger partial charge on any atom is -0.396 e. The van der Waals surface area contributed by atoms with E-state index < -0.39 is 11.6 Å². The highest BCUT2D eigenvalue weighted by Crippen LogP contribution is 2.29. The van der Waals surface area contributed by atoms with Gasteiger partial charge in [0.2, 0.25) is 0 Å². The standard InChI is InChI=1S/C13H9F2N5/c14-8-3-1-4-9(15)11(8)12-10(16)7-20(19-12)13-17-5-2-6-18-13/h1-7H,16H2. The number of benzene rings is 1. The van der Waals surface area contributed by atoms with Crippen molar-refractivity contribution in [2.24, 2.45) is 0 Å². The Bertz CT molecular complexity index is 734. The van der Waals surface area contributed by atoms with E-state index in [0.717, 1.165) is 12.1 Å². The molecule has 0 amide bonds. The monoisotopic (exact) mass is 273 g/mol. The summed E-state index contributed by atoms with van der Waals surface area (Å²) >= 11 is 0. The zero-order valence-electron chi connectivity index (χ0n) is 10.2.